The van der Waals surface area contributed by atoms with Crippen LogP contribution in [0.4, 0.5) is 11.4 Å². The molecule has 17 heavy (non-hydrogen) atoms. The molecule has 1 aliphatic heterocycles. The van der Waals surface area contributed by atoms with Gasteiger partial charge in [-0.1, -0.05) is 6.07 Å². The van der Waals surface area contributed by atoms with E-state index in [1.807, 2.05) is 13.0 Å². The van der Waals surface area contributed by atoms with Gasteiger partial charge in [-0.05, 0) is 44.7 Å². The van der Waals surface area contributed by atoms with Crippen LogP contribution in [0.25, 0.3) is 0 Å². The fraction of sp³-hybridized carbons (Fsp3) is 0.571. The van der Waals surface area contributed by atoms with E-state index in [-0.39, 0.29) is 0 Å². The standard InChI is InChI=1S/C14H20N2O/c1-2-17-12-6-3-5-11-13(12)15-10-9-14(16-11)7-4-8-14/h3,5-6,15-16H,2,4,7-10H2,1H3. The molecule has 0 saturated heterocycles. The molecular formula is C14H20N2O. The van der Waals surface area contributed by atoms with Gasteiger partial charge < -0.3 is 15.4 Å². The van der Waals surface area contributed by atoms with E-state index in [9.17, 15) is 0 Å². The molecule has 0 aromatic heterocycles. The molecule has 1 spiro atoms. The molecule has 3 heteroatoms. The summed E-state index contributed by atoms with van der Waals surface area (Å²) in [5.74, 6) is 0.967. The molecule has 1 aliphatic carbocycles. The van der Waals surface area contributed by atoms with Crippen LogP contribution in [0.5, 0.6) is 5.75 Å². The zero-order valence-electron chi connectivity index (χ0n) is 10.4. The molecule has 0 radical (unpaired) electrons. The minimum atomic E-state index is 0.350. The molecule has 92 valence electrons. The van der Waals surface area contributed by atoms with Gasteiger partial charge in [0.05, 0.1) is 12.3 Å². The summed E-state index contributed by atoms with van der Waals surface area (Å²) in [6, 6.07) is 6.25. The van der Waals surface area contributed by atoms with Crippen molar-refractivity contribution in [2.24, 2.45) is 0 Å². The Morgan fingerprint density at radius 1 is 1.29 bits per heavy atom. The molecule has 2 N–H and O–H groups in total. The molecule has 1 fully saturated rings. The quantitative estimate of drug-likeness (QED) is 0.821. The topological polar surface area (TPSA) is 33.3 Å². The highest BCUT2D eigenvalue weighted by Gasteiger charge is 2.38. The number of benzene rings is 1. The molecule has 1 heterocycles. The summed E-state index contributed by atoms with van der Waals surface area (Å²) in [4.78, 5) is 0. The molecule has 1 saturated carbocycles. The maximum absolute atomic E-state index is 5.68. The first-order valence-electron chi connectivity index (χ1n) is 6.61. The van der Waals surface area contributed by atoms with Gasteiger partial charge >= 0.3 is 0 Å². The van der Waals surface area contributed by atoms with Crippen molar-refractivity contribution < 1.29 is 4.74 Å². The molecule has 0 amide bonds. The van der Waals surface area contributed by atoms with Crippen LogP contribution in [0.15, 0.2) is 18.2 Å². The monoisotopic (exact) mass is 232 g/mol. The van der Waals surface area contributed by atoms with Crippen molar-refractivity contribution in [1.82, 2.24) is 0 Å². The van der Waals surface area contributed by atoms with Gasteiger partial charge in [0.15, 0.2) is 0 Å². The number of hydrogen-bond acceptors (Lipinski definition) is 3. The van der Waals surface area contributed by atoms with E-state index in [0.29, 0.717) is 12.1 Å². The van der Waals surface area contributed by atoms with Gasteiger partial charge in [0.1, 0.15) is 11.4 Å². The summed E-state index contributed by atoms with van der Waals surface area (Å²) in [6.45, 7) is 3.77. The van der Waals surface area contributed by atoms with Crippen LogP contribution >= 0.6 is 0 Å². The Kier molecular flexibility index (Phi) is 2.61. The lowest BCUT2D eigenvalue weighted by molar-refractivity contribution is 0.268. The van der Waals surface area contributed by atoms with Crippen LogP contribution in [-0.4, -0.2) is 18.7 Å². The Balaban J connectivity index is 1.93. The summed E-state index contributed by atoms with van der Waals surface area (Å²) >= 11 is 0. The first-order valence-corrected chi connectivity index (χ1v) is 6.61. The second kappa shape index (κ2) is 4.13. The SMILES string of the molecule is CCOc1cccc2c1NCCC1(CCC1)N2. The number of rotatable bonds is 2. The third-order valence-corrected chi connectivity index (χ3v) is 3.94. The number of ether oxygens (including phenoxy) is 1. The maximum Gasteiger partial charge on any atom is 0.144 e. The maximum atomic E-state index is 5.68. The lowest BCUT2D eigenvalue weighted by atomic mass is 9.74. The Morgan fingerprint density at radius 3 is 2.88 bits per heavy atom. The molecule has 0 bridgehead atoms. The number of hydrogen-bond donors (Lipinski definition) is 2. The van der Waals surface area contributed by atoms with E-state index in [2.05, 4.69) is 22.8 Å². The van der Waals surface area contributed by atoms with Crippen molar-refractivity contribution >= 4 is 11.4 Å². The molecule has 0 unspecified atom stereocenters. The summed E-state index contributed by atoms with van der Waals surface area (Å²) in [5.41, 5.74) is 2.69. The summed E-state index contributed by atoms with van der Waals surface area (Å²) in [7, 11) is 0. The van der Waals surface area contributed by atoms with Gasteiger partial charge in [0.25, 0.3) is 0 Å². The van der Waals surface area contributed by atoms with Crippen molar-refractivity contribution in [3.63, 3.8) is 0 Å². The molecule has 1 aromatic rings. The summed E-state index contributed by atoms with van der Waals surface area (Å²) < 4.78 is 5.68. The lowest BCUT2D eigenvalue weighted by Crippen LogP contribution is -2.45. The van der Waals surface area contributed by atoms with Gasteiger partial charge in [-0.15, -0.1) is 0 Å². The normalized spacial score (nSPS) is 20.5. The smallest absolute Gasteiger partial charge is 0.144 e. The van der Waals surface area contributed by atoms with Gasteiger partial charge in [-0.3, -0.25) is 0 Å². The highest BCUT2D eigenvalue weighted by Crippen LogP contribution is 2.44. The third kappa shape index (κ3) is 1.84. The molecule has 1 aromatic carbocycles. The first-order chi connectivity index (χ1) is 8.33. The predicted molar refractivity (Wildman–Crippen MR) is 70.9 cm³/mol. The average molecular weight is 232 g/mol. The molecule has 3 rings (SSSR count). The van der Waals surface area contributed by atoms with E-state index in [0.717, 1.165) is 18.0 Å². The average Bonchev–Trinajstić information content (AvgIpc) is 2.48. The minimum Gasteiger partial charge on any atom is -0.492 e. The zero-order chi connectivity index (χ0) is 11.7. The van der Waals surface area contributed by atoms with Crippen LogP contribution in [-0.2, 0) is 0 Å². The van der Waals surface area contributed by atoms with E-state index in [1.165, 1.54) is 31.4 Å². The number of para-hydroxylation sites is 1. The first kappa shape index (κ1) is 10.8. The van der Waals surface area contributed by atoms with Crippen molar-refractivity contribution in [2.45, 2.75) is 38.1 Å². The van der Waals surface area contributed by atoms with Crippen LogP contribution in [0.1, 0.15) is 32.6 Å². The van der Waals surface area contributed by atoms with E-state index >= 15 is 0 Å². The Bertz CT molecular complexity index is 413. The van der Waals surface area contributed by atoms with Crippen molar-refractivity contribution in [3.8, 4) is 5.75 Å². The molecule has 0 atom stereocenters. The van der Waals surface area contributed by atoms with Gasteiger partial charge in [-0.2, -0.15) is 0 Å². The van der Waals surface area contributed by atoms with Crippen molar-refractivity contribution in [1.29, 1.82) is 0 Å². The van der Waals surface area contributed by atoms with Crippen LogP contribution in [0.3, 0.4) is 0 Å². The van der Waals surface area contributed by atoms with Crippen molar-refractivity contribution in [2.75, 3.05) is 23.8 Å². The summed E-state index contributed by atoms with van der Waals surface area (Å²) in [5, 5.41) is 7.24. The number of fused-ring (bicyclic) bond motifs is 1. The van der Waals surface area contributed by atoms with Crippen molar-refractivity contribution in [3.05, 3.63) is 18.2 Å². The second-order valence-corrected chi connectivity index (χ2v) is 5.05. The fourth-order valence-corrected chi connectivity index (χ4v) is 2.85. The Morgan fingerprint density at radius 2 is 2.18 bits per heavy atom. The molecule has 3 nitrogen and oxygen atoms in total. The second-order valence-electron chi connectivity index (χ2n) is 5.05. The van der Waals surface area contributed by atoms with E-state index in [1.54, 1.807) is 0 Å². The van der Waals surface area contributed by atoms with Gasteiger partial charge in [-0.25, -0.2) is 0 Å². The predicted octanol–water partition coefficient (Wildman–Crippen LogP) is 3.24. The Labute approximate surface area is 103 Å². The molecular weight excluding hydrogens is 212 g/mol. The van der Waals surface area contributed by atoms with Gasteiger partial charge in [0.2, 0.25) is 0 Å². The van der Waals surface area contributed by atoms with Crippen LogP contribution in [0.2, 0.25) is 0 Å². The number of anilines is 2. The van der Waals surface area contributed by atoms with Gasteiger partial charge in [0, 0.05) is 12.1 Å². The Hall–Kier alpha value is -1.38. The zero-order valence-corrected chi connectivity index (χ0v) is 10.4. The van der Waals surface area contributed by atoms with E-state index in [4.69, 9.17) is 4.74 Å². The van der Waals surface area contributed by atoms with Crippen LogP contribution in [0, 0.1) is 0 Å². The highest BCUT2D eigenvalue weighted by atomic mass is 16.5. The highest BCUT2D eigenvalue weighted by molar-refractivity contribution is 5.77. The van der Waals surface area contributed by atoms with Crippen LogP contribution < -0.4 is 15.4 Å². The molecule has 2 aliphatic rings. The number of nitrogens with one attached hydrogen (secondary N) is 2. The lowest BCUT2D eigenvalue weighted by Gasteiger charge is -2.42. The van der Waals surface area contributed by atoms with E-state index < -0.39 is 0 Å². The summed E-state index contributed by atoms with van der Waals surface area (Å²) in [6.07, 6.45) is 5.15. The largest absolute Gasteiger partial charge is 0.492 e. The minimum absolute atomic E-state index is 0.350. The fourth-order valence-electron chi connectivity index (χ4n) is 2.85. The third-order valence-electron chi connectivity index (χ3n) is 3.94.